The van der Waals surface area contributed by atoms with Crippen LogP contribution in [-0.4, -0.2) is 21.4 Å². The Morgan fingerprint density at radius 1 is 1.38 bits per heavy atom. The number of sulfonamides is 1. The quantitative estimate of drug-likeness (QED) is 0.887. The van der Waals surface area contributed by atoms with Gasteiger partial charge in [-0.15, -0.1) is 11.3 Å². The third-order valence-electron chi connectivity index (χ3n) is 2.57. The van der Waals surface area contributed by atoms with Crippen molar-refractivity contribution in [1.82, 2.24) is 0 Å². The lowest BCUT2D eigenvalue weighted by Crippen LogP contribution is -2.15. The Morgan fingerprint density at radius 3 is 2.71 bits per heavy atom. The molecule has 1 aromatic heterocycles. The number of carbonyl (C=O) groups excluding carboxylic acids is 1. The molecule has 0 saturated heterocycles. The summed E-state index contributed by atoms with van der Waals surface area (Å²) in [4.78, 5) is 12.4. The Balaban J connectivity index is 2.33. The first-order chi connectivity index (χ1) is 9.82. The van der Waals surface area contributed by atoms with E-state index in [9.17, 15) is 13.2 Å². The van der Waals surface area contributed by atoms with Gasteiger partial charge >= 0.3 is 0 Å². The van der Waals surface area contributed by atoms with Crippen LogP contribution in [0.15, 0.2) is 34.5 Å². The van der Waals surface area contributed by atoms with E-state index in [0.29, 0.717) is 10.6 Å². The number of primary sulfonamides is 1. The summed E-state index contributed by atoms with van der Waals surface area (Å²) < 4.78 is 27.7. The first-order valence-corrected chi connectivity index (χ1v) is 8.38. The van der Waals surface area contributed by atoms with Crippen LogP contribution in [-0.2, 0) is 10.0 Å². The molecule has 0 atom stereocenters. The third kappa shape index (κ3) is 3.53. The lowest BCUT2D eigenvalue weighted by atomic mass is 10.3. The molecular weight excluding hydrogens is 336 g/mol. The molecule has 0 fully saturated rings. The van der Waals surface area contributed by atoms with Crippen molar-refractivity contribution in [2.45, 2.75) is 4.90 Å². The molecule has 9 heteroatoms. The van der Waals surface area contributed by atoms with Crippen LogP contribution in [0.1, 0.15) is 9.67 Å². The van der Waals surface area contributed by atoms with Crippen molar-refractivity contribution in [1.29, 1.82) is 0 Å². The fourth-order valence-corrected chi connectivity index (χ4v) is 3.04. The van der Waals surface area contributed by atoms with Crippen molar-refractivity contribution in [3.05, 3.63) is 39.5 Å². The van der Waals surface area contributed by atoms with E-state index in [2.05, 4.69) is 5.32 Å². The van der Waals surface area contributed by atoms with Gasteiger partial charge in [0.15, 0.2) is 0 Å². The fourth-order valence-electron chi connectivity index (χ4n) is 1.58. The molecule has 0 radical (unpaired) electrons. The molecule has 0 spiro atoms. The zero-order chi connectivity index (χ0) is 15.6. The van der Waals surface area contributed by atoms with Gasteiger partial charge in [-0.2, -0.15) is 0 Å². The van der Waals surface area contributed by atoms with Gasteiger partial charge in [-0.25, -0.2) is 13.6 Å². The number of halogens is 1. The topological polar surface area (TPSA) is 98.5 Å². The number of nitrogens with two attached hydrogens (primary N) is 1. The Hall–Kier alpha value is -1.61. The molecule has 21 heavy (non-hydrogen) atoms. The van der Waals surface area contributed by atoms with Crippen LogP contribution in [0.3, 0.4) is 0 Å². The summed E-state index contributed by atoms with van der Waals surface area (Å²) in [6.45, 7) is 0. The molecule has 6 nitrogen and oxygen atoms in total. The molecule has 3 N–H and O–H groups in total. The second-order valence-electron chi connectivity index (χ2n) is 3.96. The average molecular weight is 347 g/mol. The monoisotopic (exact) mass is 346 g/mol. The van der Waals surface area contributed by atoms with Gasteiger partial charge in [0.25, 0.3) is 5.91 Å². The smallest absolute Gasteiger partial charge is 0.269 e. The van der Waals surface area contributed by atoms with Crippen LogP contribution in [0.25, 0.3) is 0 Å². The number of anilines is 1. The highest BCUT2D eigenvalue weighted by Gasteiger charge is 2.17. The summed E-state index contributed by atoms with van der Waals surface area (Å²) in [5.41, 5.74) is 0.156. The molecule has 1 aromatic carbocycles. The number of carbonyl (C=O) groups is 1. The number of methoxy groups -OCH3 is 1. The second kappa shape index (κ2) is 6.02. The molecular formula is C12H11ClN2O4S2. The number of hydrogen-bond acceptors (Lipinski definition) is 5. The van der Waals surface area contributed by atoms with Crippen molar-refractivity contribution in [3.63, 3.8) is 0 Å². The largest absolute Gasteiger partial charge is 0.495 e. The van der Waals surface area contributed by atoms with Crippen LogP contribution in [0.2, 0.25) is 5.02 Å². The number of benzene rings is 1. The maximum atomic E-state index is 12.1. The number of rotatable bonds is 4. The standard InChI is InChI=1S/C12H11ClN2O4S2/c1-19-10-4-5-20-11(10)12(16)15-9-6-7(21(14,17)18)2-3-8(9)13/h2-6H,1H3,(H,15,16)(H2,14,17,18). The van der Waals surface area contributed by atoms with Gasteiger partial charge in [-0.3, -0.25) is 4.79 Å². The van der Waals surface area contributed by atoms with Gasteiger partial charge in [-0.05, 0) is 29.6 Å². The second-order valence-corrected chi connectivity index (χ2v) is 6.84. The van der Waals surface area contributed by atoms with Crippen molar-refractivity contribution >= 4 is 44.6 Å². The summed E-state index contributed by atoms with van der Waals surface area (Å²) in [5, 5.41) is 9.49. The number of nitrogens with one attached hydrogen (secondary N) is 1. The molecule has 0 aliphatic heterocycles. The van der Waals surface area contributed by atoms with E-state index in [-0.39, 0.29) is 15.6 Å². The van der Waals surface area contributed by atoms with Crippen LogP contribution in [0.4, 0.5) is 5.69 Å². The van der Waals surface area contributed by atoms with Crippen LogP contribution in [0.5, 0.6) is 5.75 Å². The fraction of sp³-hybridized carbons (Fsp3) is 0.0833. The lowest BCUT2D eigenvalue weighted by molar-refractivity contribution is 0.102. The Labute approximate surface area is 130 Å². The highest BCUT2D eigenvalue weighted by molar-refractivity contribution is 7.89. The minimum absolute atomic E-state index is 0.139. The van der Waals surface area contributed by atoms with E-state index in [1.807, 2.05) is 0 Å². The van der Waals surface area contributed by atoms with E-state index in [1.165, 1.54) is 36.6 Å². The molecule has 1 heterocycles. The van der Waals surface area contributed by atoms with E-state index in [4.69, 9.17) is 21.5 Å². The molecule has 112 valence electrons. The summed E-state index contributed by atoms with van der Waals surface area (Å²) in [5.74, 6) is -0.0217. The third-order valence-corrected chi connectivity index (χ3v) is 4.70. The molecule has 0 unspecified atom stereocenters. The van der Waals surface area contributed by atoms with Crippen molar-refractivity contribution < 1.29 is 17.9 Å². The molecule has 0 saturated carbocycles. The summed E-state index contributed by atoms with van der Waals surface area (Å²) >= 11 is 7.14. The minimum Gasteiger partial charge on any atom is -0.495 e. The van der Waals surface area contributed by atoms with E-state index in [1.54, 1.807) is 11.4 Å². The molecule has 2 aromatic rings. The first-order valence-electron chi connectivity index (χ1n) is 5.58. The van der Waals surface area contributed by atoms with Crippen molar-refractivity contribution in [2.24, 2.45) is 5.14 Å². The molecule has 0 bridgehead atoms. The maximum absolute atomic E-state index is 12.1. The predicted octanol–water partition coefficient (Wildman–Crippen LogP) is 2.31. The van der Waals surface area contributed by atoms with Gasteiger partial charge < -0.3 is 10.1 Å². The van der Waals surface area contributed by atoms with E-state index < -0.39 is 15.9 Å². The highest BCUT2D eigenvalue weighted by Crippen LogP contribution is 2.29. The van der Waals surface area contributed by atoms with Crippen LogP contribution >= 0.6 is 22.9 Å². The summed E-state index contributed by atoms with van der Waals surface area (Å²) in [6.07, 6.45) is 0. The number of hydrogen-bond donors (Lipinski definition) is 2. The van der Waals surface area contributed by atoms with Gasteiger partial charge in [0, 0.05) is 0 Å². The molecule has 0 aliphatic rings. The average Bonchev–Trinajstić information content (AvgIpc) is 2.88. The van der Waals surface area contributed by atoms with Gasteiger partial charge in [-0.1, -0.05) is 11.6 Å². The van der Waals surface area contributed by atoms with Crippen LogP contribution in [0, 0.1) is 0 Å². The summed E-state index contributed by atoms with van der Waals surface area (Å²) in [7, 11) is -2.42. The maximum Gasteiger partial charge on any atom is 0.269 e. The van der Waals surface area contributed by atoms with E-state index >= 15 is 0 Å². The SMILES string of the molecule is COc1ccsc1C(=O)Nc1cc(S(N)(=O)=O)ccc1Cl. The minimum atomic E-state index is -3.88. The zero-order valence-electron chi connectivity index (χ0n) is 10.8. The Bertz CT molecular complexity index is 786. The molecule has 1 amide bonds. The number of amides is 1. The first kappa shape index (κ1) is 15.8. The predicted molar refractivity (Wildman–Crippen MR) is 81.6 cm³/mol. The van der Waals surface area contributed by atoms with Gasteiger partial charge in [0.05, 0.1) is 22.7 Å². The summed E-state index contributed by atoms with van der Waals surface area (Å²) in [6, 6.07) is 5.47. The van der Waals surface area contributed by atoms with Crippen LogP contribution < -0.4 is 15.2 Å². The number of thiophene rings is 1. The Kier molecular flexibility index (Phi) is 4.52. The number of ether oxygens (including phenoxy) is 1. The van der Waals surface area contributed by atoms with E-state index in [0.717, 1.165) is 0 Å². The highest BCUT2D eigenvalue weighted by atomic mass is 35.5. The molecule has 2 rings (SSSR count). The Morgan fingerprint density at radius 2 is 2.10 bits per heavy atom. The normalized spacial score (nSPS) is 11.2. The lowest BCUT2D eigenvalue weighted by Gasteiger charge is -2.09. The molecule has 0 aliphatic carbocycles. The zero-order valence-corrected chi connectivity index (χ0v) is 13.2. The van der Waals surface area contributed by atoms with Gasteiger partial charge in [0.1, 0.15) is 10.6 Å². The van der Waals surface area contributed by atoms with Crippen molar-refractivity contribution in [2.75, 3.05) is 12.4 Å². The van der Waals surface area contributed by atoms with Gasteiger partial charge in [0.2, 0.25) is 10.0 Å². The van der Waals surface area contributed by atoms with Crippen molar-refractivity contribution in [3.8, 4) is 5.75 Å².